The summed E-state index contributed by atoms with van der Waals surface area (Å²) in [4.78, 5) is 13.1. The number of carbonyl (C=O) groups excluding carboxylic acids is 1. The Bertz CT molecular complexity index is 963. The number of hydrogen-bond acceptors (Lipinski definition) is 1. The number of anilines is 1. The second-order valence-electron chi connectivity index (χ2n) is 7.34. The van der Waals surface area contributed by atoms with Crippen LogP contribution in [0.5, 0.6) is 0 Å². The Hall–Kier alpha value is -2.46. The lowest BCUT2D eigenvalue weighted by atomic mass is 9.85. The summed E-state index contributed by atoms with van der Waals surface area (Å²) < 4.78 is 17.3. The summed E-state index contributed by atoms with van der Waals surface area (Å²) in [6.45, 7) is 0. The molecular weight excluding hydrogens is 417 g/mol. The van der Waals surface area contributed by atoms with Crippen molar-refractivity contribution in [1.82, 2.24) is 0 Å². The number of rotatable bonds is 4. The molecule has 0 spiro atoms. The van der Waals surface area contributed by atoms with Crippen LogP contribution < -0.4 is 5.32 Å². The van der Waals surface area contributed by atoms with Gasteiger partial charge in [0.1, 0.15) is 0 Å². The molecule has 142 valence electrons. The van der Waals surface area contributed by atoms with Crippen LogP contribution in [-0.2, 0) is 4.79 Å². The first kappa shape index (κ1) is 18.9. The van der Waals surface area contributed by atoms with Gasteiger partial charge in [0.2, 0.25) is 0 Å². The van der Waals surface area contributed by atoms with Gasteiger partial charge in [-0.25, -0.2) is 4.39 Å². The van der Waals surface area contributed by atoms with Crippen molar-refractivity contribution in [3.8, 4) is 0 Å². The van der Waals surface area contributed by atoms with Crippen LogP contribution in [0.1, 0.15) is 35.8 Å². The molecule has 1 aliphatic rings. The Morgan fingerprint density at radius 1 is 0.929 bits per heavy atom. The van der Waals surface area contributed by atoms with Crippen LogP contribution >= 0.6 is 15.9 Å². The fourth-order valence-corrected chi connectivity index (χ4v) is 4.58. The Balaban J connectivity index is 1.68. The molecule has 3 aromatic rings. The minimum atomic E-state index is -1.97. The summed E-state index contributed by atoms with van der Waals surface area (Å²) >= 11 is 3.50. The van der Waals surface area contributed by atoms with E-state index in [4.69, 9.17) is 0 Å². The standard InChI is InChI=1S/C24H21BrFNO/c25-20-11-7-10-18(14-20)19-15-22(17-8-3-1-4-9-17)24(26,16-19)23(28)27-21-12-5-2-6-13-21/h1-14,19,22H,15-16H2,(H,27,28)/t19-,22+,24-/m1/s1. The zero-order valence-electron chi connectivity index (χ0n) is 15.3. The summed E-state index contributed by atoms with van der Waals surface area (Å²) in [5.74, 6) is -1.07. The quantitative estimate of drug-likeness (QED) is 0.498. The van der Waals surface area contributed by atoms with Gasteiger partial charge in [-0.1, -0.05) is 76.6 Å². The van der Waals surface area contributed by atoms with E-state index in [0.29, 0.717) is 12.1 Å². The summed E-state index contributed by atoms with van der Waals surface area (Å²) in [6.07, 6.45) is 0.765. The molecule has 1 N–H and O–H groups in total. The number of carbonyl (C=O) groups is 1. The SMILES string of the molecule is O=C(Nc1ccccc1)[C@@]1(F)C[C@H](c2cccc(Br)c2)C[C@H]1c1ccccc1. The molecule has 1 fully saturated rings. The van der Waals surface area contributed by atoms with Crippen LogP contribution in [0.15, 0.2) is 89.4 Å². The third-order valence-corrected chi connectivity index (χ3v) is 6.04. The third-order valence-electron chi connectivity index (χ3n) is 5.55. The van der Waals surface area contributed by atoms with Gasteiger partial charge in [0, 0.05) is 16.1 Å². The molecule has 0 bridgehead atoms. The average Bonchev–Trinajstić information content (AvgIpc) is 3.08. The first-order valence-electron chi connectivity index (χ1n) is 9.42. The molecule has 0 saturated heterocycles. The highest BCUT2D eigenvalue weighted by molar-refractivity contribution is 9.10. The second-order valence-corrected chi connectivity index (χ2v) is 8.25. The van der Waals surface area contributed by atoms with Crippen molar-refractivity contribution in [2.24, 2.45) is 0 Å². The summed E-state index contributed by atoms with van der Waals surface area (Å²) in [7, 11) is 0. The topological polar surface area (TPSA) is 29.1 Å². The van der Waals surface area contributed by atoms with E-state index in [9.17, 15) is 4.79 Å². The van der Waals surface area contributed by atoms with E-state index < -0.39 is 17.5 Å². The lowest BCUT2D eigenvalue weighted by molar-refractivity contribution is -0.128. The number of hydrogen-bond donors (Lipinski definition) is 1. The van der Waals surface area contributed by atoms with Gasteiger partial charge < -0.3 is 5.32 Å². The molecule has 4 rings (SSSR count). The normalized spacial score (nSPS) is 24.1. The lowest BCUT2D eigenvalue weighted by Gasteiger charge is -2.26. The van der Waals surface area contributed by atoms with Crippen molar-refractivity contribution in [2.75, 3.05) is 5.32 Å². The molecule has 3 atom stereocenters. The molecule has 0 unspecified atom stereocenters. The number of alkyl halides is 1. The van der Waals surface area contributed by atoms with E-state index in [0.717, 1.165) is 15.6 Å². The van der Waals surface area contributed by atoms with E-state index in [1.165, 1.54) is 0 Å². The Morgan fingerprint density at radius 3 is 2.25 bits per heavy atom. The monoisotopic (exact) mass is 437 g/mol. The van der Waals surface area contributed by atoms with Gasteiger partial charge in [0.25, 0.3) is 5.91 Å². The zero-order valence-corrected chi connectivity index (χ0v) is 16.9. The number of halogens is 2. The van der Waals surface area contributed by atoms with Gasteiger partial charge in [0.15, 0.2) is 5.67 Å². The maximum Gasteiger partial charge on any atom is 0.262 e. The molecule has 0 aliphatic heterocycles. The summed E-state index contributed by atoms with van der Waals surface area (Å²) in [6, 6.07) is 26.6. The third kappa shape index (κ3) is 3.74. The zero-order chi connectivity index (χ0) is 19.6. The molecule has 1 amide bonds. The van der Waals surface area contributed by atoms with Crippen molar-refractivity contribution in [1.29, 1.82) is 0 Å². The number of amides is 1. The fraction of sp³-hybridized carbons (Fsp3) is 0.208. The number of nitrogens with one attached hydrogen (secondary N) is 1. The predicted molar refractivity (Wildman–Crippen MR) is 114 cm³/mol. The van der Waals surface area contributed by atoms with E-state index in [1.54, 1.807) is 12.1 Å². The van der Waals surface area contributed by atoms with Crippen molar-refractivity contribution in [3.63, 3.8) is 0 Å². The van der Waals surface area contributed by atoms with Crippen molar-refractivity contribution < 1.29 is 9.18 Å². The molecule has 1 aliphatic carbocycles. The molecule has 0 aromatic heterocycles. The first-order chi connectivity index (χ1) is 13.6. The largest absolute Gasteiger partial charge is 0.323 e. The Kier molecular flexibility index (Phi) is 5.31. The van der Waals surface area contributed by atoms with Gasteiger partial charge in [-0.3, -0.25) is 4.79 Å². The van der Waals surface area contributed by atoms with Gasteiger partial charge in [-0.15, -0.1) is 0 Å². The summed E-state index contributed by atoms with van der Waals surface area (Å²) in [5, 5.41) is 2.78. The maximum absolute atomic E-state index is 16.4. The van der Waals surface area contributed by atoms with Crippen LogP contribution in [0.3, 0.4) is 0 Å². The van der Waals surface area contributed by atoms with Crippen molar-refractivity contribution in [3.05, 3.63) is 101 Å². The number of benzene rings is 3. The van der Waals surface area contributed by atoms with Crippen LogP contribution in [0.4, 0.5) is 10.1 Å². The maximum atomic E-state index is 16.4. The molecule has 0 radical (unpaired) electrons. The van der Waals surface area contributed by atoms with Gasteiger partial charge in [-0.2, -0.15) is 0 Å². The summed E-state index contributed by atoms with van der Waals surface area (Å²) in [5.41, 5.74) is 0.569. The molecular formula is C24H21BrFNO. The van der Waals surface area contributed by atoms with Crippen LogP contribution in [0.25, 0.3) is 0 Å². The molecule has 4 heteroatoms. The number of para-hydroxylation sites is 1. The molecule has 0 heterocycles. The highest BCUT2D eigenvalue weighted by Gasteiger charge is 2.54. The van der Waals surface area contributed by atoms with E-state index in [2.05, 4.69) is 21.2 Å². The minimum absolute atomic E-state index is 0.0192. The Morgan fingerprint density at radius 2 is 1.57 bits per heavy atom. The van der Waals surface area contributed by atoms with Crippen LogP contribution in [-0.4, -0.2) is 11.6 Å². The van der Waals surface area contributed by atoms with E-state index in [1.807, 2.05) is 72.8 Å². The molecule has 1 saturated carbocycles. The van der Waals surface area contributed by atoms with Gasteiger partial charge in [-0.05, 0) is 54.2 Å². The van der Waals surface area contributed by atoms with Crippen molar-refractivity contribution in [2.45, 2.75) is 30.3 Å². The van der Waals surface area contributed by atoms with Crippen LogP contribution in [0, 0.1) is 0 Å². The fourth-order valence-electron chi connectivity index (χ4n) is 4.16. The average molecular weight is 438 g/mol. The smallest absolute Gasteiger partial charge is 0.262 e. The Labute approximate surface area is 172 Å². The van der Waals surface area contributed by atoms with Gasteiger partial charge in [0.05, 0.1) is 0 Å². The second kappa shape index (κ2) is 7.88. The molecule has 3 aromatic carbocycles. The predicted octanol–water partition coefficient (Wildman–Crippen LogP) is 6.46. The van der Waals surface area contributed by atoms with Crippen LogP contribution in [0.2, 0.25) is 0 Å². The van der Waals surface area contributed by atoms with E-state index >= 15 is 4.39 Å². The molecule has 2 nitrogen and oxygen atoms in total. The van der Waals surface area contributed by atoms with Gasteiger partial charge >= 0.3 is 0 Å². The highest BCUT2D eigenvalue weighted by atomic mass is 79.9. The van der Waals surface area contributed by atoms with E-state index in [-0.39, 0.29) is 12.3 Å². The van der Waals surface area contributed by atoms with Crippen molar-refractivity contribution >= 4 is 27.5 Å². The highest BCUT2D eigenvalue weighted by Crippen LogP contribution is 2.53. The molecule has 28 heavy (non-hydrogen) atoms. The minimum Gasteiger partial charge on any atom is -0.323 e. The first-order valence-corrected chi connectivity index (χ1v) is 10.2. The lowest BCUT2D eigenvalue weighted by Crippen LogP contribution is -2.41.